The van der Waals surface area contributed by atoms with Crippen LogP contribution in [0.4, 0.5) is 0 Å². The smallest absolute Gasteiger partial charge is 0.212 e. The van der Waals surface area contributed by atoms with Gasteiger partial charge in [0.25, 0.3) is 0 Å². The quantitative estimate of drug-likeness (QED) is 0.891. The minimum absolute atomic E-state index is 0.236. The number of methoxy groups -OCH3 is 1. The highest BCUT2D eigenvalue weighted by Gasteiger charge is 2.28. The molecule has 2 heterocycles. The first-order chi connectivity index (χ1) is 10.2. The highest BCUT2D eigenvalue weighted by Crippen LogP contribution is 2.26. The Morgan fingerprint density at radius 2 is 2.24 bits per heavy atom. The zero-order valence-electron chi connectivity index (χ0n) is 13.5. The number of pyridine rings is 1. The molecule has 2 atom stereocenters. The second kappa shape index (κ2) is 7.73. The van der Waals surface area contributed by atoms with Gasteiger partial charge in [0.2, 0.25) is 5.88 Å². The average Bonchev–Trinajstić information content (AvgIpc) is 2.70. The highest BCUT2D eigenvalue weighted by molar-refractivity contribution is 5.21. The van der Waals surface area contributed by atoms with E-state index >= 15 is 0 Å². The van der Waals surface area contributed by atoms with Crippen LogP contribution in [0.3, 0.4) is 0 Å². The van der Waals surface area contributed by atoms with Gasteiger partial charge in [-0.2, -0.15) is 0 Å². The third-order valence-electron chi connectivity index (χ3n) is 4.40. The van der Waals surface area contributed by atoms with Gasteiger partial charge in [0.05, 0.1) is 7.11 Å². The molecule has 1 aromatic heterocycles. The zero-order chi connectivity index (χ0) is 15.2. The average molecular weight is 292 g/mol. The third-order valence-corrected chi connectivity index (χ3v) is 4.40. The van der Waals surface area contributed by atoms with Crippen molar-refractivity contribution in [3.05, 3.63) is 23.9 Å². The van der Waals surface area contributed by atoms with Crippen LogP contribution in [0, 0.1) is 0 Å². The van der Waals surface area contributed by atoms with Crippen molar-refractivity contribution >= 4 is 0 Å². The van der Waals surface area contributed by atoms with Crippen LogP contribution in [0.1, 0.15) is 31.4 Å². The van der Waals surface area contributed by atoms with E-state index < -0.39 is 0 Å². The van der Waals surface area contributed by atoms with Crippen LogP contribution >= 0.6 is 0 Å². The lowest BCUT2D eigenvalue weighted by Gasteiger charge is -2.36. The number of hydrogen-bond donors (Lipinski definition) is 1. The van der Waals surface area contributed by atoms with Gasteiger partial charge in [0.1, 0.15) is 0 Å². The van der Waals surface area contributed by atoms with Gasteiger partial charge in [-0.1, -0.05) is 13.0 Å². The molecule has 1 aliphatic rings. The Morgan fingerprint density at radius 1 is 1.43 bits per heavy atom. The molecule has 2 unspecified atom stereocenters. The summed E-state index contributed by atoms with van der Waals surface area (Å²) in [7, 11) is 3.85. The van der Waals surface area contributed by atoms with Crippen molar-refractivity contribution in [1.29, 1.82) is 0 Å². The Kier molecular flexibility index (Phi) is 5.96. The van der Waals surface area contributed by atoms with Crippen LogP contribution in [0.2, 0.25) is 0 Å². The second-order valence-corrected chi connectivity index (χ2v) is 5.80. The summed E-state index contributed by atoms with van der Waals surface area (Å²) in [5, 5.41) is 0. The Labute approximate surface area is 128 Å². The fraction of sp³-hybridized carbons (Fsp3) is 0.688. The molecule has 1 aromatic rings. The molecule has 0 aliphatic carbocycles. The fourth-order valence-electron chi connectivity index (χ4n) is 3.21. The SMILES string of the molecule is CCC1CN(C)CCCN1C(CN)c1ccc(OC)nc1. The van der Waals surface area contributed by atoms with Crippen molar-refractivity contribution in [2.45, 2.75) is 31.8 Å². The topological polar surface area (TPSA) is 54.6 Å². The van der Waals surface area contributed by atoms with Crippen molar-refractivity contribution in [2.75, 3.05) is 40.3 Å². The lowest BCUT2D eigenvalue weighted by molar-refractivity contribution is 0.131. The largest absolute Gasteiger partial charge is 0.481 e. The molecule has 5 heteroatoms. The van der Waals surface area contributed by atoms with Crippen molar-refractivity contribution in [3.63, 3.8) is 0 Å². The van der Waals surface area contributed by atoms with E-state index in [2.05, 4.69) is 34.8 Å². The summed E-state index contributed by atoms with van der Waals surface area (Å²) in [4.78, 5) is 9.32. The monoisotopic (exact) mass is 292 g/mol. The standard InChI is InChI=1S/C16H28N4O/c1-4-14-12-19(2)8-5-9-20(14)15(10-17)13-6-7-16(21-3)18-11-13/h6-7,11,14-15H,4-5,8-10,12,17H2,1-3H3. The molecule has 1 aliphatic heterocycles. The van der Waals surface area contributed by atoms with E-state index in [0.29, 0.717) is 18.5 Å². The number of ether oxygens (including phenoxy) is 1. The first kappa shape index (κ1) is 16.2. The van der Waals surface area contributed by atoms with E-state index in [9.17, 15) is 0 Å². The number of nitrogens with two attached hydrogens (primary N) is 1. The van der Waals surface area contributed by atoms with Gasteiger partial charge in [-0.15, -0.1) is 0 Å². The molecule has 118 valence electrons. The van der Waals surface area contributed by atoms with Crippen LogP contribution in [0.25, 0.3) is 0 Å². The van der Waals surface area contributed by atoms with Crippen molar-refractivity contribution < 1.29 is 4.74 Å². The van der Waals surface area contributed by atoms with Gasteiger partial charge in [0, 0.05) is 44.0 Å². The van der Waals surface area contributed by atoms with Crippen molar-refractivity contribution in [3.8, 4) is 5.88 Å². The number of rotatable bonds is 5. The molecule has 1 saturated heterocycles. The molecule has 1 fully saturated rings. The first-order valence-corrected chi connectivity index (χ1v) is 7.83. The van der Waals surface area contributed by atoms with E-state index in [-0.39, 0.29) is 6.04 Å². The molecule has 0 radical (unpaired) electrons. The summed E-state index contributed by atoms with van der Waals surface area (Å²) in [6, 6.07) is 4.79. The zero-order valence-corrected chi connectivity index (χ0v) is 13.5. The van der Waals surface area contributed by atoms with Crippen molar-refractivity contribution in [1.82, 2.24) is 14.8 Å². The molecule has 21 heavy (non-hydrogen) atoms. The molecule has 0 spiro atoms. The molecule has 0 bridgehead atoms. The summed E-state index contributed by atoms with van der Waals surface area (Å²) < 4.78 is 5.14. The molecular formula is C16H28N4O. The molecule has 0 aromatic carbocycles. The maximum Gasteiger partial charge on any atom is 0.212 e. The predicted octanol–water partition coefficient (Wildman–Crippen LogP) is 1.51. The summed E-state index contributed by atoms with van der Waals surface area (Å²) in [5.41, 5.74) is 7.28. The summed E-state index contributed by atoms with van der Waals surface area (Å²) >= 11 is 0. The summed E-state index contributed by atoms with van der Waals surface area (Å²) in [6.45, 7) is 6.24. The fourth-order valence-corrected chi connectivity index (χ4v) is 3.21. The minimum Gasteiger partial charge on any atom is -0.481 e. The van der Waals surface area contributed by atoms with Gasteiger partial charge in [-0.3, -0.25) is 4.90 Å². The number of likely N-dealkylation sites (N-methyl/N-ethyl adjacent to an activating group) is 1. The minimum atomic E-state index is 0.236. The van der Waals surface area contributed by atoms with E-state index in [1.165, 1.54) is 12.0 Å². The maximum absolute atomic E-state index is 6.09. The summed E-state index contributed by atoms with van der Waals surface area (Å²) in [5.74, 6) is 0.650. The van der Waals surface area contributed by atoms with E-state index in [1.54, 1.807) is 7.11 Å². The number of aromatic nitrogens is 1. The Balaban J connectivity index is 2.20. The van der Waals surface area contributed by atoms with Crippen LogP contribution in [-0.4, -0.2) is 61.2 Å². The molecule has 2 rings (SSSR count). The van der Waals surface area contributed by atoms with Crippen molar-refractivity contribution in [2.24, 2.45) is 5.73 Å². The van der Waals surface area contributed by atoms with Gasteiger partial charge in [-0.25, -0.2) is 4.98 Å². The third kappa shape index (κ3) is 3.93. The van der Waals surface area contributed by atoms with Gasteiger partial charge in [-0.05, 0) is 32.0 Å². The highest BCUT2D eigenvalue weighted by atomic mass is 16.5. The van der Waals surface area contributed by atoms with Crippen LogP contribution in [0.5, 0.6) is 5.88 Å². The van der Waals surface area contributed by atoms with Crippen LogP contribution in [-0.2, 0) is 0 Å². The second-order valence-electron chi connectivity index (χ2n) is 5.80. The van der Waals surface area contributed by atoms with E-state index in [0.717, 1.165) is 26.1 Å². The Bertz CT molecular complexity index is 423. The normalized spacial score (nSPS) is 22.8. The van der Waals surface area contributed by atoms with E-state index in [4.69, 9.17) is 10.5 Å². The Morgan fingerprint density at radius 3 is 2.81 bits per heavy atom. The molecular weight excluding hydrogens is 264 g/mol. The molecule has 0 saturated carbocycles. The maximum atomic E-state index is 6.09. The summed E-state index contributed by atoms with van der Waals surface area (Å²) in [6.07, 6.45) is 4.23. The van der Waals surface area contributed by atoms with E-state index in [1.807, 2.05) is 12.3 Å². The molecule has 2 N–H and O–H groups in total. The Hall–Kier alpha value is -1.17. The van der Waals surface area contributed by atoms with Gasteiger partial charge < -0.3 is 15.4 Å². The lowest BCUT2D eigenvalue weighted by Crippen LogP contribution is -2.44. The van der Waals surface area contributed by atoms with Gasteiger partial charge >= 0.3 is 0 Å². The number of nitrogens with zero attached hydrogens (tertiary/aromatic N) is 3. The lowest BCUT2D eigenvalue weighted by atomic mass is 10.0. The molecule has 5 nitrogen and oxygen atoms in total. The molecule has 0 amide bonds. The van der Waals surface area contributed by atoms with Crippen LogP contribution in [0.15, 0.2) is 18.3 Å². The number of hydrogen-bond acceptors (Lipinski definition) is 5. The van der Waals surface area contributed by atoms with Gasteiger partial charge in [0.15, 0.2) is 0 Å². The predicted molar refractivity (Wildman–Crippen MR) is 85.5 cm³/mol. The van der Waals surface area contributed by atoms with Crippen LogP contribution < -0.4 is 10.5 Å². The first-order valence-electron chi connectivity index (χ1n) is 7.83.